The zero-order chi connectivity index (χ0) is 14.9. The van der Waals surface area contributed by atoms with Crippen molar-refractivity contribution in [1.82, 2.24) is 5.32 Å². The first kappa shape index (κ1) is 13.6. The number of nitrogens with one attached hydrogen (secondary N) is 1. The van der Waals surface area contributed by atoms with Gasteiger partial charge in [0, 0.05) is 32.1 Å². The Kier molecular flexibility index (Phi) is 3.51. The number of fused-ring (bicyclic) bond motifs is 3. The highest BCUT2D eigenvalue weighted by atomic mass is 16.5. The summed E-state index contributed by atoms with van der Waals surface area (Å²) < 4.78 is 6.06. The van der Waals surface area contributed by atoms with Crippen LogP contribution in [0.25, 0.3) is 11.1 Å². The summed E-state index contributed by atoms with van der Waals surface area (Å²) >= 11 is 0. The van der Waals surface area contributed by atoms with Gasteiger partial charge >= 0.3 is 0 Å². The van der Waals surface area contributed by atoms with Crippen molar-refractivity contribution >= 4 is 5.69 Å². The van der Waals surface area contributed by atoms with Gasteiger partial charge in [-0.15, -0.1) is 0 Å². The Morgan fingerprint density at radius 3 is 2.77 bits per heavy atom. The van der Waals surface area contributed by atoms with Crippen molar-refractivity contribution in [3.05, 3.63) is 48.0 Å². The van der Waals surface area contributed by atoms with Crippen LogP contribution in [0, 0.1) is 6.92 Å². The van der Waals surface area contributed by atoms with E-state index in [9.17, 15) is 0 Å². The van der Waals surface area contributed by atoms with Gasteiger partial charge in [-0.3, -0.25) is 0 Å². The smallest absolute Gasteiger partial charge is 0.143 e. The second kappa shape index (κ2) is 5.65. The number of piperazine rings is 1. The first-order valence-electron chi connectivity index (χ1n) is 8.12. The number of aryl methyl sites for hydroxylation is 1. The van der Waals surface area contributed by atoms with Gasteiger partial charge in [-0.1, -0.05) is 35.9 Å². The lowest BCUT2D eigenvalue weighted by molar-refractivity contribution is 0.304. The molecule has 3 heteroatoms. The minimum absolute atomic E-state index is 0.556. The third-order valence-electron chi connectivity index (χ3n) is 4.71. The molecular weight excluding hydrogens is 272 g/mol. The van der Waals surface area contributed by atoms with Crippen LogP contribution in [0.2, 0.25) is 0 Å². The molecule has 1 saturated heterocycles. The quantitative estimate of drug-likeness (QED) is 0.874. The van der Waals surface area contributed by atoms with E-state index in [1.807, 2.05) is 0 Å². The predicted octanol–water partition coefficient (Wildman–Crippen LogP) is 3.22. The number of benzene rings is 2. The Hall–Kier alpha value is -2.00. The maximum atomic E-state index is 6.06. The van der Waals surface area contributed by atoms with Crippen molar-refractivity contribution in [3.8, 4) is 16.9 Å². The van der Waals surface area contributed by atoms with Crippen molar-refractivity contribution in [2.75, 3.05) is 31.1 Å². The molecule has 1 fully saturated rings. The van der Waals surface area contributed by atoms with Crippen LogP contribution in [-0.4, -0.2) is 32.3 Å². The maximum absolute atomic E-state index is 6.06. The van der Waals surface area contributed by atoms with Crippen LogP contribution in [0.3, 0.4) is 0 Å². The van der Waals surface area contributed by atoms with Gasteiger partial charge in [-0.25, -0.2) is 0 Å². The topological polar surface area (TPSA) is 24.5 Å². The second-order valence-corrected chi connectivity index (χ2v) is 6.24. The van der Waals surface area contributed by atoms with Crippen LogP contribution in [0.1, 0.15) is 12.0 Å². The van der Waals surface area contributed by atoms with Gasteiger partial charge in [-0.2, -0.15) is 0 Å². The van der Waals surface area contributed by atoms with Crippen LogP contribution in [0.4, 0.5) is 5.69 Å². The molecule has 0 aliphatic carbocycles. The number of anilines is 1. The largest absolute Gasteiger partial charge is 0.491 e. The molecule has 2 heterocycles. The molecule has 2 aromatic rings. The van der Waals surface area contributed by atoms with Crippen LogP contribution >= 0.6 is 0 Å². The molecule has 0 spiro atoms. The highest BCUT2D eigenvalue weighted by Gasteiger charge is 2.27. The molecule has 0 saturated carbocycles. The van der Waals surface area contributed by atoms with Crippen molar-refractivity contribution in [2.24, 2.45) is 0 Å². The van der Waals surface area contributed by atoms with Crippen LogP contribution in [-0.2, 0) is 0 Å². The average Bonchev–Trinajstić information content (AvgIpc) is 2.74. The zero-order valence-corrected chi connectivity index (χ0v) is 13.0. The maximum Gasteiger partial charge on any atom is 0.143 e. The fourth-order valence-electron chi connectivity index (χ4n) is 3.43. The van der Waals surface area contributed by atoms with Crippen LogP contribution in [0.15, 0.2) is 42.5 Å². The molecule has 0 amide bonds. The van der Waals surface area contributed by atoms with Crippen molar-refractivity contribution in [3.63, 3.8) is 0 Å². The number of hydrogen-bond acceptors (Lipinski definition) is 3. The van der Waals surface area contributed by atoms with Gasteiger partial charge in [0.15, 0.2) is 0 Å². The molecule has 1 atom stereocenters. The lowest BCUT2D eigenvalue weighted by Gasteiger charge is -2.36. The summed E-state index contributed by atoms with van der Waals surface area (Å²) in [5.41, 5.74) is 5.02. The van der Waals surface area contributed by atoms with E-state index < -0.39 is 0 Å². The molecule has 2 aliphatic rings. The normalized spacial score (nSPS) is 20.6. The second-order valence-electron chi connectivity index (χ2n) is 6.24. The minimum atomic E-state index is 0.556. The first-order valence-corrected chi connectivity index (χ1v) is 8.12. The average molecular weight is 294 g/mol. The van der Waals surface area contributed by atoms with Gasteiger partial charge < -0.3 is 15.0 Å². The molecule has 114 valence electrons. The first-order chi connectivity index (χ1) is 10.8. The summed E-state index contributed by atoms with van der Waals surface area (Å²) in [7, 11) is 0. The Bertz CT molecular complexity index is 666. The molecule has 4 rings (SSSR count). The van der Waals surface area contributed by atoms with Gasteiger partial charge in [0.1, 0.15) is 5.75 Å². The molecule has 0 bridgehead atoms. The van der Waals surface area contributed by atoms with E-state index >= 15 is 0 Å². The fourth-order valence-corrected chi connectivity index (χ4v) is 3.43. The number of rotatable bonds is 1. The van der Waals surface area contributed by atoms with Gasteiger partial charge in [-0.05, 0) is 30.2 Å². The number of hydrogen-bond donors (Lipinski definition) is 1. The summed E-state index contributed by atoms with van der Waals surface area (Å²) in [4.78, 5) is 2.51. The summed E-state index contributed by atoms with van der Waals surface area (Å²) in [6.07, 6.45) is 1.08. The van der Waals surface area contributed by atoms with Gasteiger partial charge in [0.05, 0.1) is 12.3 Å². The summed E-state index contributed by atoms with van der Waals surface area (Å²) in [5.74, 6) is 1.03. The minimum Gasteiger partial charge on any atom is -0.491 e. The van der Waals surface area contributed by atoms with Crippen LogP contribution in [0.5, 0.6) is 5.75 Å². The Labute approximate surface area is 131 Å². The molecule has 2 aliphatic heterocycles. The third kappa shape index (κ3) is 2.46. The number of nitrogens with zero attached hydrogens (tertiary/aromatic N) is 1. The molecule has 0 radical (unpaired) electrons. The van der Waals surface area contributed by atoms with Gasteiger partial charge in [0.25, 0.3) is 0 Å². The summed E-state index contributed by atoms with van der Waals surface area (Å²) in [6.45, 7) is 6.09. The van der Waals surface area contributed by atoms with E-state index in [-0.39, 0.29) is 0 Å². The Balaban J connectivity index is 1.71. The molecule has 1 N–H and O–H groups in total. The summed E-state index contributed by atoms with van der Waals surface area (Å²) in [5, 5.41) is 3.49. The lowest BCUT2D eigenvalue weighted by atomic mass is 10.0. The highest BCUT2D eigenvalue weighted by molar-refractivity contribution is 5.72. The van der Waals surface area contributed by atoms with E-state index in [1.165, 1.54) is 22.4 Å². The predicted molar refractivity (Wildman–Crippen MR) is 90.7 cm³/mol. The standard InChI is InChI=1S/C19H22N2O/c1-14-2-4-15(5-3-14)16-6-7-18-19(12-16)22-11-8-17-13-20-9-10-21(17)18/h2-7,12,17,20H,8-11,13H2,1H3/t17-/m0/s1. The highest BCUT2D eigenvalue weighted by Crippen LogP contribution is 2.37. The van der Waals surface area contributed by atoms with Crippen LogP contribution < -0.4 is 15.0 Å². The number of ether oxygens (including phenoxy) is 1. The Morgan fingerprint density at radius 1 is 1.09 bits per heavy atom. The van der Waals surface area contributed by atoms with E-state index in [0.717, 1.165) is 38.4 Å². The summed E-state index contributed by atoms with van der Waals surface area (Å²) in [6, 6.07) is 15.9. The zero-order valence-electron chi connectivity index (χ0n) is 13.0. The van der Waals surface area contributed by atoms with Crippen molar-refractivity contribution < 1.29 is 4.74 Å². The SMILES string of the molecule is Cc1ccc(-c2ccc3c(c2)OCC[C@H]2CNCCN32)cc1. The van der Waals surface area contributed by atoms with Crippen molar-refractivity contribution in [2.45, 2.75) is 19.4 Å². The molecule has 22 heavy (non-hydrogen) atoms. The van der Waals surface area contributed by atoms with E-state index in [1.54, 1.807) is 0 Å². The van der Waals surface area contributed by atoms with Gasteiger partial charge in [0.2, 0.25) is 0 Å². The molecule has 2 aromatic carbocycles. The lowest BCUT2D eigenvalue weighted by Crippen LogP contribution is -2.51. The van der Waals surface area contributed by atoms with E-state index in [4.69, 9.17) is 4.74 Å². The molecule has 0 unspecified atom stereocenters. The molecule has 3 nitrogen and oxygen atoms in total. The molecular formula is C19H22N2O. The van der Waals surface area contributed by atoms with Crippen molar-refractivity contribution in [1.29, 1.82) is 0 Å². The fraction of sp³-hybridized carbons (Fsp3) is 0.368. The third-order valence-corrected chi connectivity index (χ3v) is 4.71. The monoisotopic (exact) mass is 294 g/mol. The molecule has 0 aromatic heterocycles. The Morgan fingerprint density at radius 2 is 1.91 bits per heavy atom. The van der Waals surface area contributed by atoms with E-state index in [0.29, 0.717) is 6.04 Å². The van der Waals surface area contributed by atoms with E-state index in [2.05, 4.69) is 59.6 Å².